The van der Waals surface area contributed by atoms with Crippen LogP contribution in [0.15, 0.2) is 18.5 Å². The van der Waals surface area contributed by atoms with E-state index in [4.69, 9.17) is 19.5 Å². The predicted molar refractivity (Wildman–Crippen MR) is 169 cm³/mol. The van der Waals surface area contributed by atoms with Crippen molar-refractivity contribution in [1.29, 1.82) is 5.26 Å². The van der Waals surface area contributed by atoms with Crippen LogP contribution in [-0.2, 0) is 13.8 Å². The monoisotopic (exact) mass is 603 g/mol. The molecule has 2 aromatic rings. The molecular formula is C32H54N5O4P. The van der Waals surface area contributed by atoms with Gasteiger partial charge in [0.1, 0.15) is 24.0 Å². The Kier molecular flexibility index (Phi) is 16.7. The molecule has 0 saturated carbocycles. The summed E-state index contributed by atoms with van der Waals surface area (Å²) in [7, 11) is -2.04. The molecule has 236 valence electrons. The van der Waals surface area contributed by atoms with E-state index in [1.54, 1.807) is 4.52 Å². The molecule has 0 amide bonds. The lowest BCUT2D eigenvalue weighted by atomic mass is 10.0. The van der Waals surface area contributed by atoms with E-state index < -0.39 is 14.2 Å². The number of nitrogens with two attached hydrogens (primary N) is 1. The van der Waals surface area contributed by atoms with Crippen LogP contribution in [-0.4, -0.2) is 38.3 Å². The molecule has 0 aromatic carbocycles. The van der Waals surface area contributed by atoms with E-state index in [0.29, 0.717) is 30.8 Å². The predicted octanol–water partition coefficient (Wildman–Crippen LogP) is 8.72. The van der Waals surface area contributed by atoms with E-state index in [1.165, 1.54) is 109 Å². The van der Waals surface area contributed by atoms with Crippen LogP contribution >= 0.6 is 8.60 Å². The summed E-state index contributed by atoms with van der Waals surface area (Å²) >= 11 is 0. The van der Waals surface area contributed by atoms with Gasteiger partial charge in [0.25, 0.3) is 0 Å². The van der Waals surface area contributed by atoms with E-state index in [-0.39, 0.29) is 12.7 Å². The first-order chi connectivity index (χ1) is 20.6. The molecule has 3 unspecified atom stereocenters. The van der Waals surface area contributed by atoms with Crippen molar-refractivity contribution in [3.8, 4) is 6.07 Å². The van der Waals surface area contributed by atoms with Gasteiger partial charge in [0.2, 0.25) is 0 Å². The Morgan fingerprint density at radius 3 is 2.10 bits per heavy atom. The Labute approximate surface area is 254 Å². The highest BCUT2D eigenvalue weighted by molar-refractivity contribution is 7.40. The van der Waals surface area contributed by atoms with Gasteiger partial charge in [-0.3, -0.25) is 0 Å². The van der Waals surface area contributed by atoms with Gasteiger partial charge in [0.05, 0.1) is 18.9 Å². The van der Waals surface area contributed by atoms with Crippen LogP contribution in [0.2, 0.25) is 0 Å². The summed E-state index contributed by atoms with van der Waals surface area (Å²) in [6, 6.07) is 5.98. The van der Waals surface area contributed by atoms with Crippen LogP contribution < -0.4 is 5.73 Å². The summed E-state index contributed by atoms with van der Waals surface area (Å²) in [6.45, 7) is 2.70. The van der Waals surface area contributed by atoms with Gasteiger partial charge in [0, 0.05) is 0 Å². The molecule has 0 spiro atoms. The smallest absolute Gasteiger partial charge is 0.329 e. The van der Waals surface area contributed by atoms with Crippen LogP contribution in [0.4, 0.5) is 5.82 Å². The highest BCUT2D eigenvalue weighted by atomic mass is 31.2. The molecule has 3 atom stereocenters. The molecule has 0 bridgehead atoms. The van der Waals surface area contributed by atoms with E-state index in [1.807, 2.05) is 12.1 Å². The zero-order valence-electron chi connectivity index (χ0n) is 25.9. The second-order valence-electron chi connectivity index (χ2n) is 11.8. The SMILES string of the molecule is CCCCCCCCCCCCCCCCCCCCOP(O)OCC1(C#N)CCC(c2ccc3c(N)ncnn23)O1. The maximum absolute atomic E-state index is 10.2. The summed E-state index contributed by atoms with van der Waals surface area (Å²) < 4.78 is 18.8. The molecule has 0 aliphatic carbocycles. The number of hydrogen-bond donors (Lipinski definition) is 2. The molecule has 9 nitrogen and oxygen atoms in total. The zero-order chi connectivity index (χ0) is 29.9. The number of nitriles is 1. The summed E-state index contributed by atoms with van der Waals surface area (Å²) in [5, 5.41) is 14.1. The second-order valence-corrected chi connectivity index (χ2v) is 12.8. The lowest BCUT2D eigenvalue weighted by molar-refractivity contribution is -0.0358. The van der Waals surface area contributed by atoms with Gasteiger partial charge in [-0.2, -0.15) is 10.4 Å². The Bertz CT molecular complexity index is 1050. The summed E-state index contributed by atoms with van der Waals surface area (Å²) in [6.07, 6.45) is 26.2. The largest absolute Gasteiger partial charge is 0.382 e. The molecule has 1 aliphatic heterocycles. The first kappa shape index (κ1) is 34.7. The molecule has 3 heterocycles. The standard InChI is InChI=1S/C32H54N5O4P/c1-2-3-4-5-6-7-8-9-10-11-12-13-14-15-16-17-18-19-24-39-42(38)40-26-32(25-33)23-22-30(41-32)28-20-21-29-31(34)35-27-36-37(28)29/h20-21,27,30,38H,2-19,22-24,26H2,1H3,(H2,34,35,36). The Balaban J connectivity index is 1.14. The topological polar surface area (TPSA) is 128 Å². The average Bonchev–Trinajstić information content (AvgIpc) is 3.63. The van der Waals surface area contributed by atoms with Crippen LogP contribution in [0.3, 0.4) is 0 Å². The Hall–Kier alpha value is -1.82. The van der Waals surface area contributed by atoms with Crippen molar-refractivity contribution in [2.45, 2.75) is 147 Å². The number of nitrogen functional groups attached to an aromatic ring is 1. The minimum atomic E-state index is -2.04. The molecule has 1 aliphatic rings. The molecule has 42 heavy (non-hydrogen) atoms. The van der Waals surface area contributed by atoms with Gasteiger partial charge in [-0.1, -0.05) is 116 Å². The lowest BCUT2D eigenvalue weighted by Crippen LogP contribution is -2.31. The van der Waals surface area contributed by atoms with Gasteiger partial charge in [-0.05, 0) is 31.4 Å². The van der Waals surface area contributed by atoms with E-state index >= 15 is 0 Å². The third kappa shape index (κ3) is 12.1. The van der Waals surface area contributed by atoms with Crippen molar-refractivity contribution in [3.05, 3.63) is 24.2 Å². The zero-order valence-corrected chi connectivity index (χ0v) is 26.7. The fourth-order valence-corrected chi connectivity index (χ4v) is 6.42. The molecule has 1 saturated heterocycles. The Morgan fingerprint density at radius 2 is 1.52 bits per heavy atom. The molecular weight excluding hydrogens is 549 g/mol. The van der Waals surface area contributed by atoms with Gasteiger partial charge in [-0.25, -0.2) is 9.50 Å². The molecule has 3 rings (SSSR count). The highest BCUT2D eigenvalue weighted by Crippen LogP contribution is 2.43. The number of hydrogen-bond acceptors (Lipinski definition) is 8. The average molecular weight is 604 g/mol. The fraction of sp³-hybridized carbons (Fsp3) is 0.781. The van der Waals surface area contributed by atoms with E-state index in [2.05, 4.69) is 23.1 Å². The van der Waals surface area contributed by atoms with Crippen LogP contribution in [0, 0.1) is 11.3 Å². The Morgan fingerprint density at radius 1 is 0.952 bits per heavy atom. The van der Waals surface area contributed by atoms with Crippen molar-refractivity contribution in [1.82, 2.24) is 14.6 Å². The molecule has 0 radical (unpaired) electrons. The van der Waals surface area contributed by atoms with Crippen LogP contribution in [0.5, 0.6) is 0 Å². The second kappa shape index (κ2) is 20.2. The van der Waals surface area contributed by atoms with Crippen molar-refractivity contribution in [3.63, 3.8) is 0 Å². The minimum Gasteiger partial charge on any atom is -0.382 e. The molecule has 3 N–H and O–H groups in total. The van der Waals surface area contributed by atoms with E-state index in [0.717, 1.165) is 18.5 Å². The number of fused-ring (bicyclic) bond motifs is 1. The molecule has 1 fully saturated rings. The van der Waals surface area contributed by atoms with Crippen LogP contribution in [0.25, 0.3) is 5.52 Å². The van der Waals surface area contributed by atoms with Crippen molar-refractivity contribution >= 4 is 19.9 Å². The number of unbranched alkanes of at least 4 members (excludes halogenated alkanes) is 17. The normalized spacial score (nSPS) is 19.4. The number of ether oxygens (including phenoxy) is 1. The van der Waals surface area contributed by atoms with Gasteiger partial charge in [-0.15, -0.1) is 0 Å². The summed E-state index contributed by atoms with van der Waals surface area (Å²) in [5.41, 5.74) is 6.31. The van der Waals surface area contributed by atoms with Crippen molar-refractivity contribution in [2.24, 2.45) is 0 Å². The third-order valence-electron chi connectivity index (χ3n) is 8.33. The van der Waals surface area contributed by atoms with Gasteiger partial charge < -0.3 is 24.4 Å². The van der Waals surface area contributed by atoms with Crippen molar-refractivity contribution < 1.29 is 18.7 Å². The van der Waals surface area contributed by atoms with E-state index in [9.17, 15) is 10.2 Å². The third-order valence-corrected chi connectivity index (χ3v) is 9.08. The van der Waals surface area contributed by atoms with Crippen molar-refractivity contribution in [2.75, 3.05) is 18.9 Å². The first-order valence-electron chi connectivity index (χ1n) is 16.5. The first-order valence-corrected chi connectivity index (χ1v) is 17.6. The quantitative estimate of drug-likeness (QED) is 0.0900. The van der Waals surface area contributed by atoms with Gasteiger partial charge in [0.15, 0.2) is 11.4 Å². The lowest BCUT2D eigenvalue weighted by Gasteiger charge is -2.22. The number of nitrogens with zero attached hydrogens (tertiary/aromatic N) is 4. The minimum absolute atomic E-state index is 0.0399. The fourth-order valence-electron chi connectivity index (χ4n) is 5.74. The number of anilines is 1. The maximum Gasteiger partial charge on any atom is 0.329 e. The summed E-state index contributed by atoms with van der Waals surface area (Å²) in [4.78, 5) is 14.2. The van der Waals surface area contributed by atoms with Crippen LogP contribution in [0.1, 0.15) is 147 Å². The molecule has 2 aromatic heterocycles. The number of rotatable bonds is 24. The highest BCUT2D eigenvalue weighted by Gasteiger charge is 2.43. The maximum atomic E-state index is 10.2. The summed E-state index contributed by atoms with van der Waals surface area (Å²) in [5.74, 6) is 0.391. The number of aromatic nitrogens is 3. The molecule has 10 heteroatoms. The van der Waals surface area contributed by atoms with Gasteiger partial charge >= 0.3 is 8.60 Å².